The summed E-state index contributed by atoms with van der Waals surface area (Å²) in [6, 6.07) is 4.91. The predicted octanol–water partition coefficient (Wildman–Crippen LogP) is 4.06. The molecule has 0 aliphatic carbocycles. The maximum Gasteiger partial charge on any atom is 0.142 e. The highest BCUT2D eigenvalue weighted by atomic mass is 79.9. The van der Waals surface area contributed by atoms with Gasteiger partial charge in [-0.2, -0.15) is 0 Å². The molecule has 1 nitrogen and oxygen atoms in total. The molecular weight excluding hydrogens is 280 g/mol. The van der Waals surface area contributed by atoms with Gasteiger partial charge in [0.2, 0.25) is 0 Å². The Labute approximate surface area is 105 Å². The van der Waals surface area contributed by atoms with Crippen LogP contribution in [0.4, 0.5) is 4.39 Å². The number of hydrogen-bond donors (Lipinski definition) is 1. The van der Waals surface area contributed by atoms with Crippen LogP contribution in [0, 0.1) is 11.2 Å². The Balaban J connectivity index is 0.00000196. The number of nitrogens with two attached hydrogens (primary N) is 1. The van der Waals surface area contributed by atoms with E-state index in [4.69, 9.17) is 5.73 Å². The normalized spacial score (nSPS) is 13.2. The van der Waals surface area contributed by atoms with Crippen LogP contribution in [-0.2, 0) is 0 Å². The summed E-state index contributed by atoms with van der Waals surface area (Å²) < 4.78 is 14.1. The predicted molar refractivity (Wildman–Crippen MR) is 67.7 cm³/mol. The van der Waals surface area contributed by atoms with Gasteiger partial charge in [0.15, 0.2) is 0 Å². The van der Waals surface area contributed by atoms with E-state index in [0.29, 0.717) is 10.0 Å². The Morgan fingerprint density at radius 1 is 1.33 bits per heavy atom. The summed E-state index contributed by atoms with van der Waals surface area (Å²) in [5.74, 6) is -0.255. The summed E-state index contributed by atoms with van der Waals surface area (Å²) in [5, 5.41) is 0. The van der Waals surface area contributed by atoms with Crippen LogP contribution in [-0.4, -0.2) is 0 Å². The highest BCUT2D eigenvalue weighted by Crippen LogP contribution is 2.33. The molecular formula is C11H16BrClFN. The molecule has 1 aromatic rings. The summed E-state index contributed by atoms with van der Waals surface area (Å²) in [4.78, 5) is 0. The summed E-state index contributed by atoms with van der Waals surface area (Å²) in [6.45, 7) is 5.99. The molecule has 0 aliphatic rings. The maximum absolute atomic E-state index is 13.7. The van der Waals surface area contributed by atoms with Crippen molar-refractivity contribution in [3.63, 3.8) is 0 Å². The smallest absolute Gasteiger partial charge is 0.142 e. The van der Waals surface area contributed by atoms with Gasteiger partial charge in [0.05, 0.1) is 4.47 Å². The summed E-state index contributed by atoms with van der Waals surface area (Å²) in [6.07, 6.45) is 0. The lowest BCUT2D eigenvalue weighted by atomic mass is 9.83. The molecule has 0 aromatic heterocycles. The minimum Gasteiger partial charge on any atom is -0.323 e. The van der Waals surface area contributed by atoms with Gasteiger partial charge in [-0.05, 0) is 27.4 Å². The van der Waals surface area contributed by atoms with Crippen LogP contribution in [0.3, 0.4) is 0 Å². The third-order valence-electron chi connectivity index (χ3n) is 2.25. The second kappa shape index (κ2) is 5.28. The van der Waals surface area contributed by atoms with E-state index in [0.717, 1.165) is 0 Å². The van der Waals surface area contributed by atoms with Crippen molar-refractivity contribution in [3.8, 4) is 0 Å². The molecule has 0 bridgehead atoms. The first-order valence-electron chi connectivity index (χ1n) is 4.53. The van der Waals surface area contributed by atoms with Gasteiger partial charge in [-0.1, -0.05) is 32.9 Å². The van der Waals surface area contributed by atoms with Crippen LogP contribution >= 0.6 is 28.3 Å². The van der Waals surface area contributed by atoms with Gasteiger partial charge < -0.3 is 5.73 Å². The van der Waals surface area contributed by atoms with Gasteiger partial charge in [0.1, 0.15) is 5.82 Å². The van der Waals surface area contributed by atoms with Gasteiger partial charge in [-0.3, -0.25) is 0 Å². The minimum absolute atomic E-state index is 0. The van der Waals surface area contributed by atoms with Crippen molar-refractivity contribution in [2.75, 3.05) is 0 Å². The van der Waals surface area contributed by atoms with Gasteiger partial charge in [0, 0.05) is 11.6 Å². The zero-order chi connectivity index (χ0) is 10.9. The summed E-state index contributed by atoms with van der Waals surface area (Å²) >= 11 is 3.15. The Kier molecular flexibility index (Phi) is 5.24. The standard InChI is InChI=1S/C11H15BrFN.ClH/c1-11(2,3)10(14)7-5-4-6-8(12)9(7)13;/h4-6,10H,14H2,1-3H3;1H/t10-;/m1./s1. The van der Waals surface area contributed by atoms with E-state index >= 15 is 0 Å². The Hall–Kier alpha value is -0.120. The Morgan fingerprint density at radius 2 is 1.87 bits per heavy atom. The van der Waals surface area contributed by atoms with Crippen molar-refractivity contribution < 1.29 is 4.39 Å². The zero-order valence-corrected chi connectivity index (χ0v) is 11.5. The van der Waals surface area contributed by atoms with E-state index in [9.17, 15) is 4.39 Å². The van der Waals surface area contributed by atoms with E-state index in [1.54, 1.807) is 18.2 Å². The molecule has 4 heteroatoms. The molecule has 15 heavy (non-hydrogen) atoms. The molecule has 0 saturated heterocycles. The lowest BCUT2D eigenvalue weighted by Crippen LogP contribution is -2.27. The van der Waals surface area contributed by atoms with E-state index in [1.165, 1.54) is 0 Å². The molecule has 1 rings (SSSR count). The van der Waals surface area contributed by atoms with Crippen molar-refractivity contribution in [2.24, 2.45) is 11.1 Å². The van der Waals surface area contributed by atoms with Crippen LogP contribution in [0.2, 0.25) is 0 Å². The molecule has 1 atom stereocenters. The quantitative estimate of drug-likeness (QED) is 0.831. The van der Waals surface area contributed by atoms with Crippen LogP contribution < -0.4 is 5.73 Å². The third kappa shape index (κ3) is 3.44. The minimum atomic E-state index is -0.292. The number of halogens is 3. The average molecular weight is 297 g/mol. The molecule has 86 valence electrons. The number of benzene rings is 1. The van der Waals surface area contributed by atoms with Gasteiger partial charge in [-0.25, -0.2) is 4.39 Å². The second-order valence-corrected chi connectivity index (χ2v) is 5.34. The summed E-state index contributed by atoms with van der Waals surface area (Å²) in [7, 11) is 0. The molecule has 0 heterocycles. The Morgan fingerprint density at radius 3 is 2.33 bits per heavy atom. The molecule has 0 radical (unpaired) electrons. The highest BCUT2D eigenvalue weighted by molar-refractivity contribution is 9.10. The monoisotopic (exact) mass is 295 g/mol. The van der Waals surface area contributed by atoms with Crippen molar-refractivity contribution in [2.45, 2.75) is 26.8 Å². The van der Waals surface area contributed by atoms with Crippen LogP contribution in [0.25, 0.3) is 0 Å². The van der Waals surface area contributed by atoms with Crippen molar-refractivity contribution in [3.05, 3.63) is 34.1 Å². The topological polar surface area (TPSA) is 26.0 Å². The fourth-order valence-electron chi connectivity index (χ4n) is 1.23. The first kappa shape index (κ1) is 14.9. The number of rotatable bonds is 1. The second-order valence-electron chi connectivity index (χ2n) is 4.49. The van der Waals surface area contributed by atoms with E-state index in [2.05, 4.69) is 15.9 Å². The lowest BCUT2D eigenvalue weighted by Gasteiger charge is -2.27. The lowest BCUT2D eigenvalue weighted by molar-refractivity contribution is 0.319. The fourth-order valence-corrected chi connectivity index (χ4v) is 1.61. The van der Waals surface area contributed by atoms with E-state index < -0.39 is 0 Å². The first-order chi connectivity index (χ1) is 6.34. The molecule has 1 aromatic carbocycles. The van der Waals surface area contributed by atoms with Gasteiger partial charge in [0.25, 0.3) is 0 Å². The van der Waals surface area contributed by atoms with Gasteiger partial charge >= 0.3 is 0 Å². The average Bonchev–Trinajstić information content (AvgIpc) is 2.07. The number of hydrogen-bond acceptors (Lipinski definition) is 1. The van der Waals surface area contributed by atoms with E-state index in [-0.39, 0.29) is 29.7 Å². The largest absolute Gasteiger partial charge is 0.323 e. The van der Waals surface area contributed by atoms with Crippen molar-refractivity contribution in [1.29, 1.82) is 0 Å². The van der Waals surface area contributed by atoms with Crippen molar-refractivity contribution >= 4 is 28.3 Å². The maximum atomic E-state index is 13.7. The zero-order valence-electron chi connectivity index (χ0n) is 9.05. The SMILES string of the molecule is CC(C)(C)[C@H](N)c1cccc(Br)c1F.Cl. The highest BCUT2D eigenvalue weighted by Gasteiger charge is 2.25. The van der Waals surface area contributed by atoms with Crippen LogP contribution in [0.1, 0.15) is 32.4 Å². The van der Waals surface area contributed by atoms with Crippen LogP contribution in [0.15, 0.2) is 22.7 Å². The summed E-state index contributed by atoms with van der Waals surface area (Å²) in [5.41, 5.74) is 6.41. The van der Waals surface area contributed by atoms with E-state index in [1.807, 2.05) is 20.8 Å². The van der Waals surface area contributed by atoms with Crippen molar-refractivity contribution in [1.82, 2.24) is 0 Å². The third-order valence-corrected chi connectivity index (χ3v) is 2.86. The molecule has 0 aliphatic heterocycles. The Bertz CT molecular complexity index is 336. The molecule has 0 amide bonds. The molecule has 0 saturated carbocycles. The van der Waals surface area contributed by atoms with Crippen LogP contribution in [0.5, 0.6) is 0 Å². The first-order valence-corrected chi connectivity index (χ1v) is 5.33. The molecule has 0 fully saturated rings. The molecule has 2 N–H and O–H groups in total. The van der Waals surface area contributed by atoms with Gasteiger partial charge in [-0.15, -0.1) is 12.4 Å². The fraction of sp³-hybridized carbons (Fsp3) is 0.455. The molecule has 0 unspecified atom stereocenters. The molecule has 0 spiro atoms.